The van der Waals surface area contributed by atoms with Gasteiger partial charge in [-0.1, -0.05) is 13.0 Å². The molecular formula is C16H19F2N3. The highest BCUT2D eigenvalue weighted by molar-refractivity contribution is 5.50. The Morgan fingerprint density at radius 1 is 1.29 bits per heavy atom. The second kappa shape index (κ2) is 6.63. The fraction of sp³-hybridized carbons (Fsp3) is 0.312. The minimum atomic E-state index is -0.596. The van der Waals surface area contributed by atoms with Crippen molar-refractivity contribution >= 4 is 5.82 Å². The summed E-state index contributed by atoms with van der Waals surface area (Å²) >= 11 is 0. The Morgan fingerprint density at radius 3 is 2.67 bits per heavy atom. The molecule has 0 aliphatic heterocycles. The van der Waals surface area contributed by atoms with Crippen LogP contribution < -0.4 is 11.1 Å². The zero-order valence-electron chi connectivity index (χ0n) is 12.2. The Morgan fingerprint density at radius 2 is 2.05 bits per heavy atom. The highest BCUT2D eigenvalue weighted by Gasteiger charge is 2.22. The molecule has 5 heteroatoms. The van der Waals surface area contributed by atoms with Gasteiger partial charge < -0.3 is 11.1 Å². The maximum Gasteiger partial charge on any atom is 0.131 e. The first kappa shape index (κ1) is 15.4. The van der Waals surface area contributed by atoms with Crippen LogP contribution in [0.25, 0.3) is 0 Å². The number of nitrogens with zero attached hydrogens (tertiary/aromatic N) is 1. The number of hydrogen-bond acceptors (Lipinski definition) is 3. The van der Waals surface area contributed by atoms with Crippen LogP contribution in [0.5, 0.6) is 0 Å². The summed E-state index contributed by atoms with van der Waals surface area (Å²) in [5.74, 6) is -0.833. The summed E-state index contributed by atoms with van der Waals surface area (Å²) in [6, 6.07) is 4.97. The quantitative estimate of drug-likeness (QED) is 0.888. The Labute approximate surface area is 123 Å². The van der Waals surface area contributed by atoms with Crippen molar-refractivity contribution in [1.82, 2.24) is 10.3 Å². The normalized spacial score (nSPS) is 12.4. The van der Waals surface area contributed by atoms with E-state index in [9.17, 15) is 8.78 Å². The van der Waals surface area contributed by atoms with Crippen molar-refractivity contribution in [3.05, 3.63) is 58.8 Å². The van der Waals surface area contributed by atoms with E-state index in [1.807, 2.05) is 19.9 Å². The van der Waals surface area contributed by atoms with Crippen LogP contribution in [0.15, 0.2) is 30.5 Å². The molecule has 2 rings (SSSR count). The zero-order chi connectivity index (χ0) is 15.4. The third-order valence-corrected chi connectivity index (χ3v) is 3.40. The first-order valence-electron chi connectivity index (χ1n) is 6.94. The van der Waals surface area contributed by atoms with Crippen molar-refractivity contribution in [1.29, 1.82) is 0 Å². The van der Waals surface area contributed by atoms with Gasteiger partial charge in [-0.2, -0.15) is 0 Å². The number of halogens is 2. The number of aromatic nitrogens is 1. The number of nitrogens with one attached hydrogen (secondary N) is 1. The maximum absolute atomic E-state index is 14.1. The van der Waals surface area contributed by atoms with E-state index in [-0.39, 0.29) is 0 Å². The van der Waals surface area contributed by atoms with E-state index >= 15 is 0 Å². The minimum Gasteiger partial charge on any atom is -0.383 e. The van der Waals surface area contributed by atoms with Gasteiger partial charge in [-0.25, -0.2) is 13.8 Å². The number of aryl methyl sites for hydroxylation is 1. The highest BCUT2D eigenvalue weighted by Crippen LogP contribution is 2.30. The largest absolute Gasteiger partial charge is 0.383 e. The Kier molecular flexibility index (Phi) is 4.85. The molecular weight excluding hydrogens is 272 g/mol. The van der Waals surface area contributed by atoms with Crippen molar-refractivity contribution in [3.63, 3.8) is 0 Å². The number of nitrogens with two attached hydrogens (primary N) is 1. The molecule has 0 fully saturated rings. The summed E-state index contributed by atoms with van der Waals surface area (Å²) in [5, 5.41) is 3.26. The number of benzene rings is 1. The molecule has 112 valence electrons. The standard InChI is InChI=1S/C16H19F2N3/c1-3-7-20-15(12-5-4-11(17)9-13(12)18)14-10(2)6-8-21-16(14)19/h4-6,8-9,15,20H,3,7H2,1-2H3,(H2,19,21). The van der Waals surface area contributed by atoms with Gasteiger partial charge in [0.25, 0.3) is 0 Å². The number of nitrogen functional groups attached to an aromatic ring is 1. The molecule has 3 nitrogen and oxygen atoms in total. The van der Waals surface area contributed by atoms with E-state index in [0.717, 1.165) is 23.6 Å². The molecule has 1 aromatic heterocycles. The van der Waals surface area contributed by atoms with E-state index in [4.69, 9.17) is 5.73 Å². The number of hydrogen-bond donors (Lipinski definition) is 2. The Bertz CT molecular complexity index is 609. The van der Waals surface area contributed by atoms with Crippen molar-refractivity contribution in [2.45, 2.75) is 26.3 Å². The Hall–Kier alpha value is -2.01. The molecule has 0 aliphatic carbocycles. The van der Waals surface area contributed by atoms with Crippen molar-refractivity contribution in [2.75, 3.05) is 12.3 Å². The third-order valence-electron chi connectivity index (χ3n) is 3.40. The van der Waals surface area contributed by atoms with Crippen molar-refractivity contribution < 1.29 is 8.78 Å². The second-order valence-electron chi connectivity index (χ2n) is 4.98. The van der Waals surface area contributed by atoms with Crippen molar-refractivity contribution in [2.24, 2.45) is 0 Å². The van der Waals surface area contributed by atoms with Crippen LogP contribution in [-0.2, 0) is 0 Å². The van der Waals surface area contributed by atoms with Gasteiger partial charge in [0, 0.05) is 23.4 Å². The lowest BCUT2D eigenvalue weighted by molar-refractivity contribution is 0.532. The maximum atomic E-state index is 14.1. The van der Waals surface area contributed by atoms with Crippen LogP contribution in [0.3, 0.4) is 0 Å². The molecule has 0 spiro atoms. The summed E-state index contributed by atoms with van der Waals surface area (Å²) in [7, 11) is 0. The lowest BCUT2D eigenvalue weighted by atomic mass is 9.95. The first-order valence-corrected chi connectivity index (χ1v) is 6.94. The van der Waals surface area contributed by atoms with Crippen LogP contribution in [0.1, 0.15) is 36.1 Å². The first-order chi connectivity index (χ1) is 10.0. The van der Waals surface area contributed by atoms with Gasteiger partial charge in [0.1, 0.15) is 17.5 Å². The molecule has 1 heterocycles. The number of rotatable bonds is 5. The molecule has 0 saturated carbocycles. The molecule has 1 aromatic carbocycles. The van der Waals surface area contributed by atoms with E-state index < -0.39 is 17.7 Å². The van der Waals surface area contributed by atoms with Gasteiger partial charge in [0.2, 0.25) is 0 Å². The van der Waals surface area contributed by atoms with Crippen molar-refractivity contribution in [3.8, 4) is 0 Å². The molecule has 1 atom stereocenters. The third kappa shape index (κ3) is 3.36. The summed E-state index contributed by atoms with van der Waals surface area (Å²) in [6.07, 6.45) is 2.50. The Balaban J connectivity index is 2.52. The molecule has 21 heavy (non-hydrogen) atoms. The zero-order valence-corrected chi connectivity index (χ0v) is 12.2. The summed E-state index contributed by atoms with van der Waals surface area (Å²) < 4.78 is 27.3. The molecule has 1 unspecified atom stereocenters. The monoisotopic (exact) mass is 291 g/mol. The topological polar surface area (TPSA) is 50.9 Å². The highest BCUT2D eigenvalue weighted by atomic mass is 19.1. The lowest BCUT2D eigenvalue weighted by Gasteiger charge is -2.23. The molecule has 0 saturated heterocycles. The predicted octanol–water partition coefficient (Wildman–Crippen LogP) is 3.34. The minimum absolute atomic E-state index is 0.354. The van der Waals surface area contributed by atoms with Crippen LogP contribution in [0.4, 0.5) is 14.6 Å². The van der Waals surface area contributed by atoms with Gasteiger partial charge in [-0.05, 0) is 37.6 Å². The smallest absolute Gasteiger partial charge is 0.131 e. The number of pyridine rings is 1. The van der Waals surface area contributed by atoms with Gasteiger partial charge >= 0.3 is 0 Å². The van der Waals surface area contributed by atoms with Crippen LogP contribution in [0, 0.1) is 18.6 Å². The van der Waals surface area contributed by atoms with Crippen LogP contribution in [0.2, 0.25) is 0 Å². The summed E-state index contributed by atoms with van der Waals surface area (Å²) in [5.41, 5.74) is 7.98. The molecule has 2 aromatic rings. The molecule has 0 amide bonds. The van der Waals surface area contributed by atoms with Gasteiger partial charge in [-0.15, -0.1) is 0 Å². The second-order valence-corrected chi connectivity index (χ2v) is 4.98. The fourth-order valence-electron chi connectivity index (χ4n) is 2.36. The predicted molar refractivity (Wildman–Crippen MR) is 79.9 cm³/mol. The van der Waals surface area contributed by atoms with E-state index in [2.05, 4.69) is 10.3 Å². The van der Waals surface area contributed by atoms with E-state index in [1.165, 1.54) is 12.1 Å². The van der Waals surface area contributed by atoms with Gasteiger partial charge in [0.05, 0.1) is 6.04 Å². The van der Waals surface area contributed by atoms with Gasteiger partial charge in [-0.3, -0.25) is 0 Å². The van der Waals surface area contributed by atoms with Crippen LogP contribution >= 0.6 is 0 Å². The average Bonchev–Trinajstić information content (AvgIpc) is 2.43. The molecule has 3 N–H and O–H groups in total. The summed E-state index contributed by atoms with van der Waals surface area (Å²) in [6.45, 7) is 4.61. The number of anilines is 1. The summed E-state index contributed by atoms with van der Waals surface area (Å²) in [4.78, 5) is 4.08. The molecule has 0 radical (unpaired) electrons. The average molecular weight is 291 g/mol. The molecule has 0 aliphatic rings. The SMILES string of the molecule is CCCNC(c1ccc(F)cc1F)c1c(C)ccnc1N. The van der Waals surface area contributed by atoms with E-state index in [1.54, 1.807) is 6.20 Å². The van der Waals surface area contributed by atoms with Crippen LogP contribution in [-0.4, -0.2) is 11.5 Å². The fourth-order valence-corrected chi connectivity index (χ4v) is 2.36. The van der Waals surface area contributed by atoms with E-state index in [0.29, 0.717) is 17.9 Å². The molecule has 0 bridgehead atoms. The van der Waals surface area contributed by atoms with Gasteiger partial charge in [0.15, 0.2) is 0 Å². The lowest BCUT2D eigenvalue weighted by Crippen LogP contribution is -2.26.